The van der Waals surface area contributed by atoms with E-state index in [1.807, 2.05) is 0 Å². The standard InChI is InChI=1S/C17H13FN6O4/c18-11-4-2-1-3-10(11)9-23-14(12-5-6-28-22-12)7-13(21-23)16-19-8-15(24(26)27)17(25)20-16/h1-7,15H,8-9H2,(H,19,20,25). The minimum atomic E-state index is -1.43. The molecule has 0 spiro atoms. The fourth-order valence-corrected chi connectivity index (χ4v) is 2.80. The molecule has 3 aromatic rings. The van der Waals surface area contributed by atoms with Crippen molar-refractivity contribution in [3.05, 3.63) is 69.9 Å². The molecule has 1 atom stereocenters. The molecule has 1 aliphatic rings. The first kappa shape index (κ1) is 17.5. The molecule has 10 nitrogen and oxygen atoms in total. The van der Waals surface area contributed by atoms with Gasteiger partial charge < -0.3 is 9.84 Å². The number of rotatable bonds is 5. The second kappa shape index (κ2) is 7.02. The van der Waals surface area contributed by atoms with Crippen LogP contribution < -0.4 is 5.32 Å². The number of benzene rings is 1. The van der Waals surface area contributed by atoms with Gasteiger partial charge in [0.15, 0.2) is 5.84 Å². The number of carbonyl (C=O) groups is 1. The molecular formula is C17H13FN6O4. The van der Waals surface area contributed by atoms with Gasteiger partial charge in [-0.2, -0.15) is 5.10 Å². The van der Waals surface area contributed by atoms with Gasteiger partial charge in [-0.1, -0.05) is 23.4 Å². The minimum Gasteiger partial charge on any atom is -0.364 e. The van der Waals surface area contributed by atoms with Gasteiger partial charge in [-0.05, 0) is 12.1 Å². The number of aliphatic imine (C=N–C) groups is 1. The van der Waals surface area contributed by atoms with Crippen LogP contribution in [0.3, 0.4) is 0 Å². The van der Waals surface area contributed by atoms with Crippen molar-refractivity contribution in [1.29, 1.82) is 0 Å². The summed E-state index contributed by atoms with van der Waals surface area (Å²) in [7, 11) is 0. The molecular weight excluding hydrogens is 371 g/mol. The van der Waals surface area contributed by atoms with E-state index in [1.165, 1.54) is 17.0 Å². The molecule has 1 unspecified atom stereocenters. The summed E-state index contributed by atoms with van der Waals surface area (Å²) >= 11 is 0. The molecule has 3 heterocycles. The van der Waals surface area contributed by atoms with Crippen LogP contribution in [0.5, 0.6) is 0 Å². The van der Waals surface area contributed by atoms with E-state index in [2.05, 4.69) is 20.6 Å². The Hall–Kier alpha value is -3.89. The van der Waals surface area contributed by atoms with Crippen molar-refractivity contribution in [2.45, 2.75) is 12.6 Å². The predicted molar refractivity (Wildman–Crippen MR) is 93.6 cm³/mol. The Morgan fingerprint density at radius 1 is 1.32 bits per heavy atom. The Kier molecular flexibility index (Phi) is 4.39. The zero-order valence-corrected chi connectivity index (χ0v) is 14.3. The molecule has 0 saturated carbocycles. The monoisotopic (exact) mass is 384 g/mol. The molecule has 1 aliphatic heterocycles. The van der Waals surface area contributed by atoms with Crippen molar-refractivity contribution in [3.63, 3.8) is 0 Å². The highest BCUT2D eigenvalue weighted by Gasteiger charge is 2.35. The third-order valence-corrected chi connectivity index (χ3v) is 4.22. The molecule has 4 rings (SSSR count). The molecule has 0 fully saturated rings. The van der Waals surface area contributed by atoms with Crippen LogP contribution in [0.25, 0.3) is 11.4 Å². The summed E-state index contributed by atoms with van der Waals surface area (Å²) in [6, 6.07) is 8.06. The molecule has 2 aromatic heterocycles. The molecule has 0 radical (unpaired) electrons. The van der Waals surface area contributed by atoms with Gasteiger partial charge in [0.25, 0.3) is 0 Å². The van der Waals surface area contributed by atoms with Crippen LogP contribution in [0.1, 0.15) is 11.3 Å². The molecule has 1 aromatic carbocycles. The number of nitrogens with one attached hydrogen (secondary N) is 1. The van der Waals surface area contributed by atoms with E-state index in [4.69, 9.17) is 4.52 Å². The molecule has 0 aliphatic carbocycles. The lowest BCUT2D eigenvalue weighted by Gasteiger charge is -2.14. The zero-order chi connectivity index (χ0) is 19.7. The summed E-state index contributed by atoms with van der Waals surface area (Å²) in [4.78, 5) is 26.2. The minimum absolute atomic E-state index is 0.105. The maximum Gasteiger partial charge on any atom is 0.309 e. The Labute approximate surface area is 156 Å². The average molecular weight is 384 g/mol. The van der Waals surface area contributed by atoms with Gasteiger partial charge in [-0.3, -0.25) is 24.6 Å². The summed E-state index contributed by atoms with van der Waals surface area (Å²) in [6.45, 7) is -0.179. The largest absolute Gasteiger partial charge is 0.364 e. The smallest absolute Gasteiger partial charge is 0.309 e. The Morgan fingerprint density at radius 3 is 2.82 bits per heavy atom. The van der Waals surface area contributed by atoms with Crippen LogP contribution in [0.4, 0.5) is 4.39 Å². The van der Waals surface area contributed by atoms with E-state index in [0.717, 1.165) is 0 Å². The van der Waals surface area contributed by atoms with Crippen LogP contribution in [0.2, 0.25) is 0 Å². The number of carbonyl (C=O) groups excluding carboxylic acids is 1. The fraction of sp³-hybridized carbons (Fsp3) is 0.176. The average Bonchev–Trinajstić information content (AvgIpc) is 3.33. The van der Waals surface area contributed by atoms with Crippen LogP contribution in [-0.2, 0) is 11.3 Å². The lowest BCUT2D eigenvalue weighted by Crippen LogP contribution is -2.48. The van der Waals surface area contributed by atoms with Gasteiger partial charge in [0.1, 0.15) is 30.0 Å². The number of amidine groups is 1. The molecule has 142 valence electrons. The van der Waals surface area contributed by atoms with E-state index >= 15 is 0 Å². The van der Waals surface area contributed by atoms with E-state index in [-0.39, 0.29) is 30.4 Å². The Balaban J connectivity index is 1.71. The number of nitrogens with zero attached hydrogens (tertiary/aromatic N) is 5. The first-order valence-electron chi connectivity index (χ1n) is 8.24. The summed E-state index contributed by atoms with van der Waals surface area (Å²) < 4.78 is 20.4. The van der Waals surface area contributed by atoms with Gasteiger partial charge >= 0.3 is 11.9 Å². The van der Waals surface area contributed by atoms with Crippen LogP contribution in [0, 0.1) is 15.9 Å². The highest BCUT2D eigenvalue weighted by Crippen LogP contribution is 2.21. The van der Waals surface area contributed by atoms with Gasteiger partial charge in [0.05, 0.1) is 12.2 Å². The van der Waals surface area contributed by atoms with Crippen molar-refractivity contribution in [1.82, 2.24) is 20.3 Å². The van der Waals surface area contributed by atoms with Gasteiger partial charge in [0, 0.05) is 16.6 Å². The van der Waals surface area contributed by atoms with E-state index < -0.39 is 16.9 Å². The molecule has 0 saturated heterocycles. The van der Waals surface area contributed by atoms with Crippen molar-refractivity contribution >= 4 is 11.7 Å². The molecule has 1 N–H and O–H groups in total. The third-order valence-electron chi connectivity index (χ3n) is 4.22. The summed E-state index contributed by atoms with van der Waals surface area (Å²) in [5, 5.41) is 21.5. The highest BCUT2D eigenvalue weighted by molar-refractivity contribution is 6.09. The second-order valence-corrected chi connectivity index (χ2v) is 6.03. The lowest BCUT2D eigenvalue weighted by molar-refractivity contribution is -0.505. The first-order chi connectivity index (χ1) is 13.5. The van der Waals surface area contributed by atoms with Gasteiger partial charge in [-0.25, -0.2) is 4.39 Å². The normalized spacial score (nSPS) is 16.5. The van der Waals surface area contributed by atoms with E-state index in [0.29, 0.717) is 17.0 Å². The van der Waals surface area contributed by atoms with E-state index in [9.17, 15) is 19.3 Å². The summed E-state index contributed by atoms with van der Waals surface area (Å²) in [6.07, 6.45) is 1.39. The van der Waals surface area contributed by atoms with Crippen LogP contribution in [0.15, 0.2) is 52.2 Å². The highest BCUT2D eigenvalue weighted by atomic mass is 19.1. The quantitative estimate of drug-likeness (QED) is 0.521. The van der Waals surface area contributed by atoms with Crippen LogP contribution >= 0.6 is 0 Å². The summed E-state index contributed by atoms with van der Waals surface area (Å²) in [5.74, 6) is -1.04. The van der Waals surface area contributed by atoms with Crippen molar-refractivity contribution < 1.29 is 18.6 Å². The number of halogens is 1. The second-order valence-electron chi connectivity index (χ2n) is 6.03. The molecule has 0 bridgehead atoms. The number of hydrogen-bond acceptors (Lipinski definition) is 7. The predicted octanol–water partition coefficient (Wildman–Crippen LogP) is 1.25. The fourth-order valence-electron chi connectivity index (χ4n) is 2.80. The van der Waals surface area contributed by atoms with Crippen molar-refractivity contribution in [3.8, 4) is 11.4 Å². The molecule has 28 heavy (non-hydrogen) atoms. The van der Waals surface area contributed by atoms with Crippen molar-refractivity contribution in [2.75, 3.05) is 6.54 Å². The van der Waals surface area contributed by atoms with Crippen LogP contribution in [-0.4, -0.2) is 44.2 Å². The van der Waals surface area contributed by atoms with E-state index in [1.54, 1.807) is 30.3 Å². The first-order valence-corrected chi connectivity index (χ1v) is 8.24. The topological polar surface area (TPSA) is 128 Å². The van der Waals surface area contributed by atoms with Gasteiger partial charge in [-0.15, -0.1) is 0 Å². The SMILES string of the molecule is O=C1NC(c2cc(-c3ccon3)n(Cc3ccccc3F)n2)=NCC1[N+](=O)[O-]. The summed E-state index contributed by atoms with van der Waals surface area (Å²) in [5.41, 5.74) is 1.66. The third kappa shape index (κ3) is 3.24. The number of aromatic nitrogens is 3. The molecule has 11 heteroatoms. The molecule has 1 amide bonds. The maximum absolute atomic E-state index is 14.1. The Bertz CT molecular complexity index is 1080. The lowest BCUT2D eigenvalue weighted by atomic mass is 10.2. The zero-order valence-electron chi connectivity index (χ0n) is 14.3. The Morgan fingerprint density at radius 2 is 2.14 bits per heavy atom. The number of nitro groups is 1. The van der Waals surface area contributed by atoms with Gasteiger partial charge in [0.2, 0.25) is 0 Å². The maximum atomic E-state index is 14.1. The van der Waals surface area contributed by atoms with Crippen molar-refractivity contribution in [2.24, 2.45) is 4.99 Å². The number of amides is 1. The number of hydrogen-bond donors (Lipinski definition) is 1.